The highest BCUT2D eigenvalue weighted by atomic mass is 16.5. The average Bonchev–Trinajstić information content (AvgIpc) is 2.50. The fourth-order valence-electron chi connectivity index (χ4n) is 2.27. The summed E-state index contributed by atoms with van der Waals surface area (Å²) in [5, 5.41) is 6.58. The zero-order chi connectivity index (χ0) is 15.6. The first-order valence-electron chi connectivity index (χ1n) is 8.03. The van der Waals surface area contributed by atoms with Crippen LogP contribution in [0.25, 0.3) is 0 Å². The molecule has 0 aromatic heterocycles. The van der Waals surface area contributed by atoms with Gasteiger partial charge in [0.25, 0.3) is 0 Å². The number of hydrogen-bond acceptors (Lipinski definition) is 4. The van der Waals surface area contributed by atoms with Gasteiger partial charge in [0.15, 0.2) is 5.96 Å². The fraction of sp³-hybridized carbons (Fsp3) is 0.933. The highest BCUT2D eigenvalue weighted by Gasteiger charge is 2.27. The molecular formula is C15H32N4O2. The Balaban J connectivity index is 2.46. The molecule has 0 spiro atoms. The molecule has 0 aliphatic carbocycles. The molecular weight excluding hydrogens is 268 g/mol. The first kappa shape index (κ1) is 18.2. The van der Waals surface area contributed by atoms with Crippen LogP contribution in [0.1, 0.15) is 27.7 Å². The van der Waals surface area contributed by atoms with E-state index in [1.54, 1.807) is 0 Å². The number of rotatable bonds is 8. The van der Waals surface area contributed by atoms with Gasteiger partial charge in [-0.15, -0.1) is 0 Å². The minimum atomic E-state index is 0.0477. The zero-order valence-electron chi connectivity index (χ0n) is 14.1. The summed E-state index contributed by atoms with van der Waals surface area (Å²) in [6.07, 6.45) is 0. The van der Waals surface area contributed by atoms with Crippen LogP contribution in [0, 0.1) is 0 Å². The maximum absolute atomic E-state index is 5.42. The minimum Gasteiger partial charge on any atom is -0.380 e. The second-order valence-corrected chi connectivity index (χ2v) is 5.73. The molecule has 0 aromatic carbocycles. The number of nitrogens with zero attached hydrogens (tertiary/aromatic N) is 2. The summed E-state index contributed by atoms with van der Waals surface area (Å²) in [7, 11) is 0. The summed E-state index contributed by atoms with van der Waals surface area (Å²) in [5.74, 6) is 0.860. The van der Waals surface area contributed by atoms with E-state index in [1.807, 2.05) is 6.92 Å². The Kier molecular flexibility index (Phi) is 8.64. The number of nitrogens with one attached hydrogen (secondary N) is 2. The van der Waals surface area contributed by atoms with Crippen LogP contribution in [0.15, 0.2) is 4.99 Å². The van der Waals surface area contributed by atoms with Gasteiger partial charge in [0.2, 0.25) is 0 Å². The van der Waals surface area contributed by atoms with Crippen molar-refractivity contribution >= 4 is 5.96 Å². The van der Waals surface area contributed by atoms with Crippen LogP contribution in [0.4, 0.5) is 0 Å². The van der Waals surface area contributed by atoms with Crippen LogP contribution < -0.4 is 10.6 Å². The van der Waals surface area contributed by atoms with Crippen LogP contribution in [-0.4, -0.2) is 75.5 Å². The van der Waals surface area contributed by atoms with Crippen molar-refractivity contribution in [2.75, 3.05) is 59.2 Å². The molecule has 0 bridgehead atoms. The molecule has 1 aliphatic heterocycles. The number of aliphatic imine (C=N–C) groups is 1. The summed E-state index contributed by atoms with van der Waals surface area (Å²) in [6, 6.07) is 0. The largest absolute Gasteiger partial charge is 0.380 e. The minimum absolute atomic E-state index is 0.0477. The van der Waals surface area contributed by atoms with Gasteiger partial charge in [-0.1, -0.05) is 0 Å². The summed E-state index contributed by atoms with van der Waals surface area (Å²) < 4.78 is 10.8. The Bertz CT molecular complexity index is 302. The van der Waals surface area contributed by atoms with Crippen LogP contribution in [0.2, 0.25) is 0 Å². The van der Waals surface area contributed by atoms with Gasteiger partial charge >= 0.3 is 0 Å². The lowest BCUT2D eigenvalue weighted by Crippen LogP contribution is -2.52. The maximum atomic E-state index is 5.42. The van der Waals surface area contributed by atoms with E-state index in [2.05, 4.69) is 36.3 Å². The lowest BCUT2D eigenvalue weighted by atomic mass is 10.0. The number of morpholine rings is 1. The average molecular weight is 300 g/mol. The van der Waals surface area contributed by atoms with Crippen molar-refractivity contribution in [1.29, 1.82) is 0 Å². The van der Waals surface area contributed by atoms with Crippen LogP contribution in [-0.2, 0) is 9.47 Å². The van der Waals surface area contributed by atoms with Crippen molar-refractivity contribution in [2.24, 2.45) is 4.99 Å². The first-order valence-corrected chi connectivity index (χ1v) is 8.03. The van der Waals surface area contributed by atoms with Crippen molar-refractivity contribution in [3.8, 4) is 0 Å². The molecule has 2 N–H and O–H groups in total. The van der Waals surface area contributed by atoms with E-state index in [9.17, 15) is 0 Å². The first-order chi connectivity index (χ1) is 10.1. The van der Waals surface area contributed by atoms with E-state index in [-0.39, 0.29) is 5.54 Å². The third-order valence-electron chi connectivity index (χ3n) is 3.58. The molecule has 0 radical (unpaired) electrons. The summed E-state index contributed by atoms with van der Waals surface area (Å²) in [6.45, 7) is 16.0. The van der Waals surface area contributed by atoms with Crippen LogP contribution in [0.5, 0.6) is 0 Å². The molecule has 6 heteroatoms. The van der Waals surface area contributed by atoms with E-state index in [0.717, 1.165) is 58.5 Å². The van der Waals surface area contributed by atoms with Crippen LogP contribution >= 0.6 is 0 Å². The third kappa shape index (κ3) is 7.11. The predicted molar refractivity (Wildman–Crippen MR) is 86.9 cm³/mol. The normalized spacial score (nSPS) is 17.8. The highest BCUT2D eigenvalue weighted by Crippen LogP contribution is 2.16. The van der Waals surface area contributed by atoms with E-state index >= 15 is 0 Å². The highest BCUT2D eigenvalue weighted by molar-refractivity contribution is 5.79. The quantitative estimate of drug-likeness (QED) is 0.392. The van der Waals surface area contributed by atoms with Gasteiger partial charge < -0.3 is 20.1 Å². The Hall–Kier alpha value is -0.850. The van der Waals surface area contributed by atoms with Gasteiger partial charge in [0, 0.05) is 38.3 Å². The SMILES string of the molecule is CCNC(=NCC(C)(C)N1CCOCC1)NCCOCC. The molecule has 124 valence electrons. The fourth-order valence-corrected chi connectivity index (χ4v) is 2.27. The van der Waals surface area contributed by atoms with Crippen molar-refractivity contribution in [3.05, 3.63) is 0 Å². The molecule has 1 rings (SSSR count). The molecule has 0 amide bonds. The van der Waals surface area contributed by atoms with Crippen LogP contribution in [0.3, 0.4) is 0 Å². The van der Waals surface area contributed by atoms with E-state index < -0.39 is 0 Å². The molecule has 1 aliphatic rings. The molecule has 1 heterocycles. The second-order valence-electron chi connectivity index (χ2n) is 5.73. The third-order valence-corrected chi connectivity index (χ3v) is 3.58. The molecule has 6 nitrogen and oxygen atoms in total. The van der Waals surface area contributed by atoms with E-state index in [4.69, 9.17) is 14.5 Å². The smallest absolute Gasteiger partial charge is 0.191 e. The standard InChI is InChI=1S/C15H32N4O2/c1-5-16-14(17-7-10-20-6-2)18-13-15(3,4)19-8-11-21-12-9-19/h5-13H2,1-4H3,(H2,16,17,18). The molecule has 0 aromatic rings. The Morgan fingerprint density at radius 1 is 1.24 bits per heavy atom. The number of hydrogen-bond donors (Lipinski definition) is 2. The molecule has 21 heavy (non-hydrogen) atoms. The Morgan fingerprint density at radius 3 is 2.57 bits per heavy atom. The molecule has 0 atom stereocenters. The van der Waals surface area contributed by atoms with Gasteiger partial charge in [0.1, 0.15) is 0 Å². The zero-order valence-corrected chi connectivity index (χ0v) is 14.1. The van der Waals surface area contributed by atoms with Gasteiger partial charge in [-0.05, 0) is 27.7 Å². The molecule has 1 saturated heterocycles. The summed E-state index contributed by atoms with van der Waals surface area (Å²) >= 11 is 0. The Morgan fingerprint density at radius 2 is 1.95 bits per heavy atom. The lowest BCUT2D eigenvalue weighted by molar-refractivity contribution is -0.00684. The van der Waals surface area contributed by atoms with Gasteiger partial charge in [-0.3, -0.25) is 9.89 Å². The number of ether oxygens (including phenoxy) is 2. The topological polar surface area (TPSA) is 58.1 Å². The summed E-state index contributed by atoms with van der Waals surface area (Å²) in [5.41, 5.74) is 0.0477. The van der Waals surface area contributed by atoms with Crippen molar-refractivity contribution in [3.63, 3.8) is 0 Å². The van der Waals surface area contributed by atoms with Crippen molar-refractivity contribution in [2.45, 2.75) is 33.2 Å². The monoisotopic (exact) mass is 300 g/mol. The second kappa shape index (κ2) is 9.97. The van der Waals surface area contributed by atoms with Crippen molar-refractivity contribution < 1.29 is 9.47 Å². The summed E-state index contributed by atoms with van der Waals surface area (Å²) in [4.78, 5) is 7.16. The van der Waals surface area contributed by atoms with E-state index in [1.165, 1.54) is 0 Å². The molecule has 1 fully saturated rings. The lowest BCUT2D eigenvalue weighted by Gasteiger charge is -2.39. The van der Waals surface area contributed by atoms with Gasteiger partial charge in [-0.2, -0.15) is 0 Å². The Labute approximate surface area is 129 Å². The van der Waals surface area contributed by atoms with Gasteiger partial charge in [0.05, 0.1) is 26.4 Å². The number of guanidine groups is 1. The van der Waals surface area contributed by atoms with Crippen molar-refractivity contribution in [1.82, 2.24) is 15.5 Å². The van der Waals surface area contributed by atoms with E-state index in [0.29, 0.717) is 6.61 Å². The maximum Gasteiger partial charge on any atom is 0.191 e. The molecule has 0 unspecified atom stereocenters. The predicted octanol–water partition coefficient (Wildman–Crippen LogP) is 0.689. The molecule has 0 saturated carbocycles. The van der Waals surface area contributed by atoms with Gasteiger partial charge in [-0.25, -0.2) is 0 Å².